The fraction of sp³-hybridized carbons (Fsp3) is 0.125. The summed E-state index contributed by atoms with van der Waals surface area (Å²) >= 11 is 5.71. The van der Waals surface area contributed by atoms with Gasteiger partial charge in [0.15, 0.2) is 6.10 Å². The molecule has 0 aliphatic carbocycles. The first-order valence-electron chi connectivity index (χ1n) is 7.17. The zero-order chi connectivity index (χ0) is 19.5. The smallest absolute Gasteiger partial charge is 0.341 e. The Labute approximate surface area is 154 Å². The maximum Gasteiger partial charge on any atom is 0.341 e. The number of rotatable bonds is 5. The second-order valence-corrected chi connectivity index (χ2v) is 7.23. The van der Waals surface area contributed by atoms with E-state index < -0.39 is 39.4 Å². The van der Waals surface area contributed by atoms with Gasteiger partial charge in [0.25, 0.3) is 5.91 Å². The van der Waals surface area contributed by atoms with E-state index in [9.17, 15) is 22.4 Å². The standard InChI is InChI=1S/C16H14ClFN2O5S/c1-9(25-16(22)13-8-10(17)2-7-14(13)18)15(21)20-11-3-5-12(6-4-11)26(19,23)24/h2-9H,1H3,(H,20,21)(H2,19,23,24)/t9-/m0/s1. The first-order chi connectivity index (χ1) is 12.1. The van der Waals surface area contributed by atoms with E-state index in [4.69, 9.17) is 21.5 Å². The van der Waals surface area contributed by atoms with E-state index in [0.717, 1.165) is 12.1 Å². The molecule has 2 aromatic carbocycles. The Hall–Kier alpha value is -2.49. The highest BCUT2D eigenvalue weighted by Gasteiger charge is 2.21. The molecule has 0 saturated heterocycles. The first-order valence-corrected chi connectivity index (χ1v) is 9.10. The molecule has 0 saturated carbocycles. The first kappa shape index (κ1) is 19.8. The van der Waals surface area contributed by atoms with Crippen molar-refractivity contribution >= 4 is 39.2 Å². The van der Waals surface area contributed by atoms with Gasteiger partial charge in [-0.05, 0) is 49.4 Å². The Kier molecular flexibility index (Phi) is 5.96. The molecule has 0 fully saturated rings. The molecule has 0 bridgehead atoms. The summed E-state index contributed by atoms with van der Waals surface area (Å²) in [6.07, 6.45) is -1.24. The number of benzene rings is 2. The van der Waals surface area contributed by atoms with Gasteiger partial charge < -0.3 is 10.1 Å². The fourth-order valence-corrected chi connectivity index (χ4v) is 2.59. The largest absolute Gasteiger partial charge is 0.449 e. The molecule has 0 radical (unpaired) electrons. The van der Waals surface area contributed by atoms with E-state index in [2.05, 4.69) is 5.32 Å². The molecule has 0 spiro atoms. The van der Waals surface area contributed by atoms with Crippen LogP contribution in [0.5, 0.6) is 0 Å². The minimum Gasteiger partial charge on any atom is -0.449 e. The number of ether oxygens (including phenoxy) is 1. The molecule has 0 unspecified atom stereocenters. The summed E-state index contributed by atoms with van der Waals surface area (Å²) in [5, 5.41) is 7.55. The van der Waals surface area contributed by atoms with Crippen LogP contribution in [0.2, 0.25) is 5.02 Å². The summed E-state index contributed by atoms with van der Waals surface area (Å²) in [4.78, 5) is 23.9. The third kappa shape index (κ3) is 5.01. The van der Waals surface area contributed by atoms with Gasteiger partial charge in [-0.1, -0.05) is 11.6 Å². The van der Waals surface area contributed by atoms with Crippen LogP contribution in [0.3, 0.4) is 0 Å². The number of anilines is 1. The number of esters is 1. The van der Waals surface area contributed by atoms with Crippen molar-refractivity contribution in [1.82, 2.24) is 0 Å². The van der Waals surface area contributed by atoms with Gasteiger partial charge in [-0.25, -0.2) is 22.7 Å². The normalized spacial score (nSPS) is 12.3. The van der Waals surface area contributed by atoms with Gasteiger partial charge in [0.05, 0.1) is 10.5 Å². The van der Waals surface area contributed by atoms with Crippen LogP contribution in [0.15, 0.2) is 47.4 Å². The molecular weight excluding hydrogens is 387 g/mol. The molecular formula is C16H14ClFN2O5S. The van der Waals surface area contributed by atoms with E-state index in [1.807, 2.05) is 0 Å². The maximum atomic E-state index is 13.6. The molecule has 7 nitrogen and oxygen atoms in total. The zero-order valence-corrected chi connectivity index (χ0v) is 15.0. The summed E-state index contributed by atoms with van der Waals surface area (Å²) in [5.41, 5.74) is -0.131. The van der Waals surface area contributed by atoms with Crippen LogP contribution in [0.25, 0.3) is 0 Å². The van der Waals surface area contributed by atoms with Crippen molar-refractivity contribution in [3.63, 3.8) is 0 Å². The summed E-state index contributed by atoms with van der Waals surface area (Å²) in [7, 11) is -3.85. The SMILES string of the molecule is C[C@H](OC(=O)c1cc(Cl)ccc1F)C(=O)Nc1ccc(S(N)(=O)=O)cc1. The lowest BCUT2D eigenvalue weighted by atomic mass is 10.2. The van der Waals surface area contributed by atoms with Crippen molar-refractivity contribution in [3.05, 3.63) is 58.9 Å². The number of primary sulfonamides is 1. The van der Waals surface area contributed by atoms with Gasteiger partial charge in [0, 0.05) is 10.7 Å². The number of hydrogen-bond donors (Lipinski definition) is 2. The predicted molar refractivity (Wildman–Crippen MR) is 92.7 cm³/mol. The van der Waals surface area contributed by atoms with Crippen LogP contribution in [0, 0.1) is 5.82 Å². The number of sulfonamides is 1. The van der Waals surface area contributed by atoms with Crippen LogP contribution in [0.4, 0.5) is 10.1 Å². The minimum atomic E-state index is -3.85. The van der Waals surface area contributed by atoms with Crippen molar-refractivity contribution < 1.29 is 27.1 Å². The second-order valence-electron chi connectivity index (χ2n) is 5.23. The highest BCUT2D eigenvalue weighted by Crippen LogP contribution is 2.17. The number of nitrogens with one attached hydrogen (secondary N) is 1. The topological polar surface area (TPSA) is 116 Å². The highest BCUT2D eigenvalue weighted by atomic mass is 35.5. The van der Waals surface area contributed by atoms with Crippen LogP contribution >= 0.6 is 11.6 Å². The van der Waals surface area contributed by atoms with Crippen LogP contribution in [0.1, 0.15) is 17.3 Å². The fourth-order valence-electron chi connectivity index (χ4n) is 1.90. The number of hydrogen-bond acceptors (Lipinski definition) is 5. The summed E-state index contributed by atoms with van der Waals surface area (Å²) in [6, 6.07) is 8.44. The molecule has 138 valence electrons. The molecule has 1 amide bonds. The van der Waals surface area contributed by atoms with E-state index >= 15 is 0 Å². The van der Waals surface area contributed by atoms with Crippen LogP contribution < -0.4 is 10.5 Å². The average Bonchev–Trinajstić information content (AvgIpc) is 2.56. The van der Waals surface area contributed by atoms with Gasteiger partial charge >= 0.3 is 5.97 Å². The van der Waals surface area contributed by atoms with Gasteiger partial charge in [-0.2, -0.15) is 0 Å². The maximum absolute atomic E-state index is 13.6. The van der Waals surface area contributed by atoms with Crippen molar-refractivity contribution in [3.8, 4) is 0 Å². The van der Waals surface area contributed by atoms with Crippen LogP contribution in [-0.4, -0.2) is 26.4 Å². The summed E-state index contributed by atoms with van der Waals surface area (Å²) in [6.45, 7) is 1.30. The summed E-state index contributed by atoms with van der Waals surface area (Å²) in [5.74, 6) is -2.56. The Morgan fingerprint density at radius 2 is 1.81 bits per heavy atom. The molecule has 1 atom stereocenters. The lowest BCUT2D eigenvalue weighted by Crippen LogP contribution is -2.30. The second kappa shape index (κ2) is 7.81. The monoisotopic (exact) mass is 400 g/mol. The van der Waals surface area contributed by atoms with Crippen molar-refractivity contribution in [2.24, 2.45) is 5.14 Å². The Balaban J connectivity index is 2.03. The Morgan fingerprint density at radius 1 is 1.19 bits per heavy atom. The molecule has 2 rings (SSSR count). The number of halogens is 2. The van der Waals surface area contributed by atoms with Gasteiger partial charge in [0.2, 0.25) is 10.0 Å². The number of amides is 1. The van der Waals surface area contributed by atoms with E-state index in [0.29, 0.717) is 0 Å². The molecule has 0 aliphatic rings. The van der Waals surface area contributed by atoms with E-state index in [1.54, 1.807) is 0 Å². The number of carbonyl (C=O) groups excluding carboxylic acids is 2. The van der Waals surface area contributed by atoms with Crippen molar-refractivity contribution in [2.45, 2.75) is 17.9 Å². The van der Waals surface area contributed by atoms with Gasteiger partial charge in [0.1, 0.15) is 5.82 Å². The van der Waals surface area contributed by atoms with Crippen molar-refractivity contribution in [1.29, 1.82) is 0 Å². The van der Waals surface area contributed by atoms with Crippen molar-refractivity contribution in [2.75, 3.05) is 5.32 Å². The highest BCUT2D eigenvalue weighted by molar-refractivity contribution is 7.89. The van der Waals surface area contributed by atoms with E-state index in [-0.39, 0.29) is 15.6 Å². The quantitative estimate of drug-likeness (QED) is 0.747. The van der Waals surface area contributed by atoms with E-state index in [1.165, 1.54) is 37.3 Å². The number of nitrogens with two attached hydrogens (primary N) is 1. The van der Waals surface area contributed by atoms with Crippen LogP contribution in [-0.2, 0) is 19.6 Å². The van der Waals surface area contributed by atoms with Gasteiger partial charge in [-0.15, -0.1) is 0 Å². The minimum absolute atomic E-state index is 0.119. The zero-order valence-electron chi connectivity index (χ0n) is 13.4. The summed E-state index contributed by atoms with van der Waals surface area (Å²) < 4.78 is 40.9. The third-order valence-electron chi connectivity index (χ3n) is 3.25. The molecule has 0 heterocycles. The Morgan fingerprint density at radius 3 is 2.38 bits per heavy atom. The molecule has 2 aromatic rings. The Bertz CT molecular complexity index is 948. The molecule has 26 heavy (non-hydrogen) atoms. The third-order valence-corrected chi connectivity index (χ3v) is 4.42. The number of carbonyl (C=O) groups is 2. The lowest BCUT2D eigenvalue weighted by Gasteiger charge is -2.14. The lowest BCUT2D eigenvalue weighted by molar-refractivity contribution is -0.123. The molecule has 10 heteroatoms. The predicted octanol–water partition coefficient (Wildman–Crippen LogP) is 2.31. The molecule has 0 aliphatic heterocycles. The molecule has 0 aromatic heterocycles. The molecule has 3 N–H and O–H groups in total. The average molecular weight is 401 g/mol. The van der Waals surface area contributed by atoms with Gasteiger partial charge in [-0.3, -0.25) is 4.79 Å².